The monoisotopic (exact) mass is 254 g/mol. The lowest BCUT2D eigenvalue weighted by Crippen LogP contribution is -2.36. The number of rotatable bonds is 8. The molecule has 0 spiro atoms. The molecule has 0 amide bonds. The molecule has 1 aromatic carbocycles. The number of ether oxygens (including phenoxy) is 1. The molecule has 0 saturated carbocycles. The zero-order chi connectivity index (χ0) is 13.4. The van der Waals surface area contributed by atoms with E-state index in [4.69, 9.17) is 4.74 Å². The maximum absolute atomic E-state index is 13.7. The summed E-state index contributed by atoms with van der Waals surface area (Å²) in [5, 5.41) is 6.62. The van der Waals surface area contributed by atoms with Crippen LogP contribution in [0.4, 0.5) is 4.39 Å². The van der Waals surface area contributed by atoms with Crippen LogP contribution >= 0.6 is 0 Å². The van der Waals surface area contributed by atoms with E-state index in [0.29, 0.717) is 23.9 Å². The molecular weight excluding hydrogens is 231 g/mol. The summed E-state index contributed by atoms with van der Waals surface area (Å²) < 4.78 is 18.8. The molecular formula is C14H23FN2O. The highest BCUT2D eigenvalue weighted by Crippen LogP contribution is 2.20. The van der Waals surface area contributed by atoms with Crippen LogP contribution in [0.25, 0.3) is 0 Å². The third-order valence-corrected chi connectivity index (χ3v) is 2.80. The van der Waals surface area contributed by atoms with Gasteiger partial charge in [-0.2, -0.15) is 0 Å². The van der Waals surface area contributed by atoms with Gasteiger partial charge in [0.05, 0.1) is 7.11 Å². The SMILES string of the molecule is CCCNCC(C)NCc1c(F)cccc1OC. The molecule has 0 fully saturated rings. The molecule has 102 valence electrons. The Morgan fingerprint density at radius 2 is 2.17 bits per heavy atom. The van der Waals surface area contributed by atoms with Crippen LogP contribution in [-0.4, -0.2) is 26.2 Å². The maximum atomic E-state index is 13.7. The molecule has 0 saturated heterocycles. The zero-order valence-corrected chi connectivity index (χ0v) is 11.4. The summed E-state index contributed by atoms with van der Waals surface area (Å²) in [7, 11) is 1.56. The first kappa shape index (κ1) is 14.9. The van der Waals surface area contributed by atoms with Gasteiger partial charge in [0.1, 0.15) is 11.6 Å². The van der Waals surface area contributed by atoms with Gasteiger partial charge in [0, 0.05) is 24.7 Å². The van der Waals surface area contributed by atoms with Crippen LogP contribution in [-0.2, 0) is 6.54 Å². The van der Waals surface area contributed by atoms with Gasteiger partial charge < -0.3 is 15.4 Å². The molecule has 0 aliphatic carbocycles. The Morgan fingerprint density at radius 3 is 2.83 bits per heavy atom. The predicted molar refractivity (Wildman–Crippen MR) is 72.4 cm³/mol. The molecule has 0 aromatic heterocycles. The van der Waals surface area contributed by atoms with E-state index in [9.17, 15) is 4.39 Å². The molecule has 4 heteroatoms. The Kier molecular flexibility index (Phi) is 6.68. The third-order valence-electron chi connectivity index (χ3n) is 2.80. The molecule has 0 heterocycles. The van der Waals surface area contributed by atoms with Crippen molar-refractivity contribution in [3.8, 4) is 5.75 Å². The van der Waals surface area contributed by atoms with E-state index >= 15 is 0 Å². The topological polar surface area (TPSA) is 33.3 Å². The number of nitrogens with one attached hydrogen (secondary N) is 2. The fourth-order valence-electron chi connectivity index (χ4n) is 1.75. The largest absolute Gasteiger partial charge is 0.496 e. The van der Waals surface area contributed by atoms with Crippen LogP contribution in [0.3, 0.4) is 0 Å². The van der Waals surface area contributed by atoms with E-state index in [2.05, 4.69) is 24.5 Å². The number of hydrogen-bond acceptors (Lipinski definition) is 3. The number of benzene rings is 1. The van der Waals surface area contributed by atoms with Crippen LogP contribution in [0.1, 0.15) is 25.8 Å². The van der Waals surface area contributed by atoms with Crippen LogP contribution < -0.4 is 15.4 Å². The van der Waals surface area contributed by atoms with Crippen LogP contribution in [0, 0.1) is 5.82 Å². The van der Waals surface area contributed by atoms with Crippen molar-refractivity contribution in [1.82, 2.24) is 10.6 Å². The van der Waals surface area contributed by atoms with Gasteiger partial charge in [-0.1, -0.05) is 13.0 Å². The fraction of sp³-hybridized carbons (Fsp3) is 0.571. The van der Waals surface area contributed by atoms with Crippen molar-refractivity contribution in [1.29, 1.82) is 0 Å². The van der Waals surface area contributed by atoms with E-state index in [0.717, 1.165) is 19.5 Å². The number of halogens is 1. The minimum atomic E-state index is -0.226. The molecule has 3 nitrogen and oxygen atoms in total. The first-order chi connectivity index (χ1) is 8.69. The van der Waals surface area contributed by atoms with E-state index in [1.165, 1.54) is 6.07 Å². The Hall–Kier alpha value is -1.13. The molecule has 1 rings (SSSR count). The smallest absolute Gasteiger partial charge is 0.131 e. The predicted octanol–water partition coefficient (Wildman–Crippen LogP) is 2.31. The van der Waals surface area contributed by atoms with Crippen molar-refractivity contribution >= 4 is 0 Å². The van der Waals surface area contributed by atoms with Crippen molar-refractivity contribution < 1.29 is 9.13 Å². The lowest BCUT2D eigenvalue weighted by molar-refractivity contribution is 0.398. The highest BCUT2D eigenvalue weighted by atomic mass is 19.1. The molecule has 18 heavy (non-hydrogen) atoms. The Balaban J connectivity index is 2.47. The van der Waals surface area contributed by atoms with Crippen molar-refractivity contribution in [2.75, 3.05) is 20.2 Å². The van der Waals surface area contributed by atoms with E-state index in [1.54, 1.807) is 19.2 Å². The maximum Gasteiger partial charge on any atom is 0.131 e. The van der Waals surface area contributed by atoms with Gasteiger partial charge in [-0.15, -0.1) is 0 Å². The van der Waals surface area contributed by atoms with Crippen molar-refractivity contribution in [3.05, 3.63) is 29.6 Å². The molecule has 1 aromatic rings. The van der Waals surface area contributed by atoms with Gasteiger partial charge in [-0.25, -0.2) is 4.39 Å². The third kappa shape index (κ3) is 4.63. The summed E-state index contributed by atoms with van der Waals surface area (Å²) in [5.74, 6) is 0.367. The molecule has 0 radical (unpaired) electrons. The molecule has 1 unspecified atom stereocenters. The second-order valence-electron chi connectivity index (χ2n) is 4.41. The van der Waals surface area contributed by atoms with Gasteiger partial charge in [0.2, 0.25) is 0 Å². The normalized spacial score (nSPS) is 12.4. The van der Waals surface area contributed by atoms with Gasteiger partial charge in [0.15, 0.2) is 0 Å². The van der Waals surface area contributed by atoms with Gasteiger partial charge in [-0.05, 0) is 32.0 Å². The van der Waals surface area contributed by atoms with Gasteiger partial charge in [-0.3, -0.25) is 0 Å². The zero-order valence-electron chi connectivity index (χ0n) is 11.4. The highest BCUT2D eigenvalue weighted by molar-refractivity contribution is 5.34. The Morgan fingerprint density at radius 1 is 1.39 bits per heavy atom. The molecule has 1 atom stereocenters. The van der Waals surface area contributed by atoms with Crippen LogP contribution in [0.15, 0.2) is 18.2 Å². The standard InChI is InChI=1S/C14H23FN2O/c1-4-8-16-9-11(2)17-10-12-13(15)6-5-7-14(12)18-3/h5-7,11,16-17H,4,8-10H2,1-3H3. The lowest BCUT2D eigenvalue weighted by atomic mass is 10.1. The van der Waals surface area contributed by atoms with E-state index in [1.807, 2.05) is 0 Å². The lowest BCUT2D eigenvalue weighted by Gasteiger charge is -2.16. The van der Waals surface area contributed by atoms with Gasteiger partial charge >= 0.3 is 0 Å². The summed E-state index contributed by atoms with van der Waals surface area (Å²) in [6, 6.07) is 5.18. The first-order valence-electron chi connectivity index (χ1n) is 6.44. The van der Waals surface area contributed by atoms with Crippen molar-refractivity contribution in [2.45, 2.75) is 32.9 Å². The number of hydrogen-bond donors (Lipinski definition) is 2. The minimum absolute atomic E-state index is 0.226. The molecule has 0 aliphatic heterocycles. The first-order valence-corrected chi connectivity index (χ1v) is 6.44. The van der Waals surface area contributed by atoms with Crippen LogP contribution in [0.5, 0.6) is 5.75 Å². The van der Waals surface area contributed by atoms with Crippen molar-refractivity contribution in [3.63, 3.8) is 0 Å². The second kappa shape index (κ2) is 8.06. The number of methoxy groups -OCH3 is 1. The van der Waals surface area contributed by atoms with Gasteiger partial charge in [0.25, 0.3) is 0 Å². The average Bonchev–Trinajstić information content (AvgIpc) is 2.37. The molecule has 2 N–H and O–H groups in total. The Labute approximate surface area is 109 Å². The minimum Gasteiger partial charge on any atom is -0.496 e. The van der Waals surface area contributed by atoms with E-state index in [-0.39, 0.29) is 5.82 Å². The Bertz CT molecular complexity index is 358. The van der Waals surface area contributed by atoms with Crippen molar-refractivity contribution in [2.24, 2.45) is 0 Å². The summed E-state index contributed by atoms with van der Waals surface area (Å²) >= 11 is 0. The quantitative estimate of drug-likeness (QED) is 0.698. The second-order valence-corrected chi connectivity index (χ2v) is 4.41. The molecule has 0 bridgehead atoms. The highest BCUT2D eigenvalue weighted by Gasteiger charge is 2.09. The summed E-state index contributed by atoms with van der Waals surface area (Å²) in [6.07, 6.45) is 1.12. The summed E-state index contributed by atoms with van der Waals surface area (Å²) in [4.78, 5) is 0. The van der Waals surface area contributed by atoms with E-state index < -0.39 is 0 Å². The summed E-state index contributed by atoms with van der Waals surface area (Å²) in [5.41, 5.74) is 0.586. The average molecular weight is 254 g/mol. The van der Waals surface area contributed by atoms with Crippen LogP contribution in [0.2, 0.25) is 0 Å². The molecule has 0 aliphatic rings. The fourth-order valence-corrected chi connectivity index (χ4v) is 1.75. The summed E-state index contributed by atoms with van der Waals surface area (Å²) in [6.45, 7) is 6.58.